The molecule has 0 fully saturated rings. The molecular weight excluding hydrogens is 334 g/mol. The number of methoxy groups -OCH3 is 1. The molecule has 1 rings (SSSR count). The number of benzene rings is 1. The number of amides is 1. The van der Waals surface area contributed by atoms with Gasteiger partial charge in [-0.2, -0.15) is 5.26 Å². The minimum Gasteiger partial charge on any atom is -0.497 e. The summed E-state index contributed by atoms with van der Waals surface area (Å²) in [6.07, 6.45) is 0. The van der Waals surface area contributed by atoms with Gasteiger partial charge in [0.2, 0.25) is 5.91 Å². The van der Waals surface area contributed by atoms with Gasteiger partial charge in [-0.3, -0.25) is 4.79 Å². The number of hydrogen-bond donors (Lipinski definition) is 2. The van der Waals surface area contributed by atoms with Gasteiger partial charge in [0.25, 0.3) is 0 Å². The van der Waals surface area contributed by atoms with Crippen LogP contribution in [0.15, 0.2) is 22.7 Å². The Morgan fingerprint density at radius 2 is 2.19 bits per heavy atom. The number of rotatable bonds is 6. The zero-order valence-electron chi connectivity index (χ0n) is 12.7. The van der Waals surface area contributed by atoms with Gasteiger partial charge in [0.05, 0.1) is 25.4 Å². The molecule has 2 N–H and O–H groups in total. The molecule has 1 aromatic rings. The molecule has 0 aromatic heterocycles. The fourth-order valence-electron chi connectivity index (χ4n) is 1.58. The van der Waals surface area contributed by atoms with Crippen molar-refractivity contribution in [2.24, 2.45) is 5.92 Å². The van der Waals surface area contributed by atoms with Gasteiger partial charge in [-0.25, -0.2) is 0 Å². The van der Waals surface area contributed by atoms with Crippen LogP contribution in [-0.2, 0) is 4.79 Å². The Kier molecular flexibility index (Phi) is 6.03. The van der Waals surface area contributed by atoms with Crippen LogP contribution < -0.4 is 15.4 Å². The first-order chi connectivity index (χ1) is 9.82. The topological polar surface area (TPSA) is 74.2 Å². The maximum Gasteiger partial charge on any atom is 0.240 e. The number of nitrogens with one attached hydrogen (secondary N) is 2. The van der Waals surface area contributed by atoms with E-state index >= 15 is 0 Å². The number of hydrogen-bond acceptors (Lipinski definition) is 4. The average Bonchev–Trinajstić information content (AvgIpc) is 2.46. The normalized spacial score (nSPS) is 13.2. The van der Waals surface area contributed by atoms with E-state index in [0.717, 1.165) is 10.2 Å². The predicted molar refractivity (Wildman–Crippen MR) is 86.2 cm³/mol. The van der Waals surface area contributed by atoms with Crippen LogP contribution in [0.5, 0.6) is 5.75 Å². The lowest BCUT2D eigenvalue weighted by Crippen LogP contribution is -2.50. The monoisotopic (exact) mass is 353 g/mol. The van der Waals surface area contributed by atoms with E-state index in [1.807, 2.05) is 26.0 Å². The van der Waals surface area contributed by atoms with Gasteiger partial charge in [-0.15, -0.1) is 0 Å². The van der Waals surface area contributed by atoms with Crippen LogP contribution in [0.4, 0.5) is 5.69 Å². The van der Waals surface area contributed by atoms with Crippen molar-refractivity contribution in [3.8, 4) is 11.8 Å². The molecule has 0 saturated heterocycles. The highest BCUT2D eigenvalue weighted by atomic mass is 79.9. The molecule has 0 saturated carbocycles. The van der Waals surface area contributed by atoms with E-state index in [-0.39, 0.29) is 18.4 Å². The first-order valence-corrected chi connectivity index (χ1v) is 7.41. The number of ether oxygens (including phenoxy) is 1. The molecule has 5 nitrogen and oxygen atoms in total. The fourth-order valence-corrected chi connectivity index (χ4v) is 1.96. The van der Waals surface area contributed by atoms with E-state index in [4.69, 9.17) is 4.74 Å². The average molecular weight is 354 g/mol. The zero-order chi connectivity index (χ0) is 16.0. The molecule has 0 aliphatic rings. The van der Waals surface area contributed by atoms with E-state index in [1.54, 1.807) is 20.1 Å². The fraction of sp³-hybridized carbons (Fsp3) is 0.467. The quantitative estimate of drug-likeness (QED) is 0.824. The first-order valence-electron chi connectivity index (χ1n) is 6.62. The molecular formula is C15H20BrN3O2. The summed E-state index contributed by atoms with van der Waals surface area (Å²) in [6, 6.07) is 7.60. The maximum atomic E-state index is 12.0. The van der Waals surface area contributed by atoms with E-state index < -0.39 is 5.54 Å². The van der Waals surface area contributed by atoms with Crippen molar-refractivity contribution in [1.82, 2.24) is 5.32 Å². The Hall–Kier alpha value is -1.74. The zero-order valence-corrected chi connectivity index (χ0v) is 14.2. The van der Waals surface area contributed by atoms with Crippen molar-refractivity contribution < 1.29 is 9.53 Å². The predicted octanol–water partition coefficient (Wildman–Crippen LogP) is 2.92. The van der Waals surface area contributed by atoms with Crippen LogP contribution in [0.25, 0.3) is 0 Å². The molecule has 0 spiro atoms. The molecule has 0 aliphatic carbocycles. The van der Waals surface area contributed by atoms with Crippen LogP contribution in [0, 0.1) is 17.2 Å². The number of anilines is 1. The van der Waals surface area contributed by atoms with Gasteiger partial charge < -0.3 is 15.4 Å². The minimum absolute atomic E-state index is 0.0232. The van der Waals surface area contributed by atoms with Crippen molar-refractivity contribution in [2.75, 3.05) is 19.0 Å². The third kappa shape index (κ3) is 4.64. The molecule has 1 amide bonds. The molecule has 0 bridgehead atoms. The molecule has 1 aromatic carbocycles. The second-order valence-electron chi connectivity index (χ2n) is 5.22. The number of nitrogens with zero attached hydrogens (tertiary/aromatic N) is 1. The number of carbonyl (C=O) groups is 1. The number of carbonyl (C=O) groups excluding carboxylic acids is 1. The van der Waals surface area contributed by atoms with Gasteiger partial charge in [0.1, 0.15) is 11.3 Å². The Morgan fingerprint density at radius 3 is 2.71 bits per heavy atom. The van der Waals surface area contributed by atoms with Gasteiger partial charge in [-0.1, -0.05) is 13.8 Å². The molecule has 1 unspecified atom stereocenters. The Bertz CT molecular complexity index is 554. The summed E-state index contributed by atoms with van der Waals surface area (Å²) < 4.78 is 5.98. The van der Waals surface area contributed by atoms with Crippen molar-refractivity contribution in [3.05, 3.63) is 22.7 Å². The van der Waals surface area contributed by atoms with Crippen LogP contribution >= 0.6 is 15.9 Å². The van der Waals surface area contributed by atoms with Crippen molar-refractivity contribution in [1.29, 1.82) is 5.26 Å². The lowest BCUT2D eigenvalue weighted by Gasteiger charge is -2.27. The van der Waals surface area contributed by atoms with Crippen LogP contribution in [0.2, 0.25) is 0 Å². The van der Waals surface area contributed by atoms with E-state index in [0.29, 0.717) is 5.75 Å². The van der Waals surface area contributed by atoms with Crippen molar-refractivity contribution in [2.45, 2.75) is 26.3 Å². The van der Waals surface area contributed by atoms with Gasteiger partial charge in [0, 0.05) is 10.5 Å². The van der Waals surface area contributed by atoms with Crippen LogP contribution in [-0.4, -0.2) is 25.1 Å². The molecule has 0 aliphatic heterocycles. The summed E-state index contributed by atoms with van der Waals surface area (Å²) >= 11 is 3.41. The summed E-state index contributed by atoms with van der Waals surface area (Å²) in [5, 5.41) is 15.0. The summed E-state index contributed by atoms with van der Waals surface area (Å²) in [5.74, 6) is 0.489. The summed E-state index contributed by atoms with van der Waals surface area (Å²) in [6.45, 7) is 5.60. The molecule has 21 heavy (non-hydrogen) atoms. The van der Waals surface area contributed by atoms with Crippen LogP contribution in [0.3, 0.4) is 0 Å². The Morgan fingerprint density at radius 1 is 1.52 bits per heavy atom. The Balaban J connectivity index is 2.68. The van der Waals surface area contributed by atoms with Gasteiger partial charge in [-0.05, 0) is 40.9 Å². The van der Waals surface area contributed by atoms with Crippen molar-refractivity contribution >= 4 is 27.5 Å². The summed E-state index contributed by atoms with van der Waals surface area (Å²) in [7, 11) is 1.58. The highest BCUT2D eigenvalue weighted by molar-refractivity contribution is 9.10. The second kappa shape index (κ2) is 7.32. The summed E-state index contributed by atoms with van der Waals surface area (Å²) in [5.41, 5.74) is -0.114. The van der Waals surface area contributed by atoms with Crippen molar-refractivity contribution in [3.63, 3.8) is 0 Å². The smallest absolute Gasteiger partial charge is 0.240 e. The molecule has 6 heteroatoms. The van der Waals surface area contributed by atoms with E-state index in [2.05, 4.69) is 32.6 Å². The molecule has 114 valence electrons. The molecule has 1 atom stereocenters. The number of halogens is 1. The lowest BCUT2D eigenvalue weighted by atomic mass is 9.90. The standard InChI is InChI=1S/C15H20BrN3O2/c1-10(2)15(3,9-17)19-14(20)8-18-13-7-11(21-4)5-6-12(13)16/h5-7,10,18H,8H2,1-4H3,(H,19,20). The van der Waals surface area contributed by atoms with Gasteiger partial charge in [0.15, 0.2) is 0 Å². The highest BCUT2D eigenvalue weighted by Crippen LogP contribution is 2.26. The second-order valence-corrected chi connectivity index (χ2v) is 6.07. The molecule has 0 heterocycles. The van der Waals surface area contributed by atoms with E-state index in [9.17, 15) is 10.1 Å². The first kappa shape index (κ1) is 17.3. The third-order valence-electron chi connectivity index (χ3n) is 3.40. The molecule has 0 radical (unpaired) electrons. The van der Waals surface area contributed by atoms with Crippen LogP contribution in [0.1, 0.15) is 20.8 Å². The Labute approximate surface area is 133 Å². The highest BCUT2D eigenvalue weighted by Gasteiger charge is 2.29. The van der Waals surface area contributed by atoms with E-state index in [1.165, 1.54) is 0 Å². The number of nitriles is 1. The maximum absolute atomic E-state index is 12.0. The SMILES string of the molecule is COc1ccc(Br)c(NCC(=O)NC(C)(C#N)C(C)C)c1. The third-order valence-corrected chi connectivity index (χ3v) is 4.09. The largest absolute Gasteiger partial charge is 0.497 e. The lowest BCUT2D eigenvalue weighted by molar-refractivity contribution is -0.121. The minimum atomic E-state index is -0.871. The summed E-state index contributed by atoms with van der Waals surface area (Å²) in [4.78, 5) is 12.0. The van der Waals surface area contributed by atoms with Gasteiger partial charge >= 0.3 is 0 Å².